The number of aromatic nitrogens is 1. The van der Waals surface area contributed by atoms with Gasteiger partial charge in [0.15, 0.2) is 10.9 Å². The van der Waals surface area contributed by atoms with E-state index in [0.717, 1.165) is 10.3 Å². The minimum atomic E-state index is -0.458. The molecule has 30 heavy (non-hydrogen) atoms. The second-order valence-electron chi connectivity index (χ2n) is 7.30. The minimum absolute atomic E-state index is 0.273. The summed E-state index contributed by atoms with van der Waals surface area (Å²) in [4.78, 5) is 42.9. The molecule has 1 aliphatic heterocycles. The van der Waals surface area contributed by atoms with Crippen molar-refractivity contribution in [3.63, 3.8) is 0 Å². The number of halogens is 1. The molecule has 1 aliphatic carbocycles. The summed E-state index contributed by atoms with van der Waals surface area (Å²) in [6.07, 6.45) is 4.93. The van der Waals surface area contributed by atoms with Gasteiger partial charge in [-0.2, -0.15) is 0 Å². The van der Waals surface area contributed by atoms with Crippen LogP contribution < -0.4 is 5.32 Å². The van der Waals surface area contributed by atoms with Crippen LogP contribution in [0.25, 0.3) is 22.4 Å². The molecule has 1 saturated heterocycles. The molecule has 7 nitrogen and oxygen atoms in total. The number of carbonyl (C=O) groups excluding carboxylic acids is 3. The first-order valence-corrected chi connectivity index (χ1v) is 10.7. The molecule has 1 aromatic carbocycles. The lowest BCUT2D eigenvalue weighted by Gasteiger charge is -2.14. The first kappa shape index (κ1) is 19.0. The van der Waals surface area contributed by atoms with Gasteiger partial charge in [0.1, 0.15) is 17.8 Å². The van der Waals surface area contributed by atoms with Gasteiger partial charge in [0, 0.05) is 15.8 Å². The summed E-state index contributed by atoms with van der Waals surface area (Å²) in [7, 11) is 0. The number of benzene rings is 1. The SMILES string of the molecule is O=C(CN1C(=O)[C@@H]2CC=CC[C@H]2C1=O)Nc1nc(-c2cc3cc(Cl)ccc3o2)cs1. The average molecular weight is 442 g/mol. The third-order valence-corrected chi connectivity index (χ3v) is 6.37. The molecule has 2 aromatic heterocycles. The Hall–Kier alpha value is -2.97. The van der Waals surface area contributed by atoms with Gasteiger partial charge in [0.25, 0.3) is 0 Å². The number of amides is 3. The number of hydrogen-bond donors (Lipinski definition) is 1. The van der Waals surface area contributed by atoms with E-state index >= 15 is 0 Å². The molecular formula is C21H16ClN3O4S. The van der Waals surface area contributed by atoms with Crippen LogP contribution in [0.15, 0.2) is 46.2 Å². The van der Waals surface area contributed by atoms with E-state index in [9.17, 15) is 14.4 Å². The topological polar surface area (TPSA) is 92.5 Å². The van der Waals surface area contributed by atoms with Gasteiger partial charge >= 0.3 is 0 Å². The van der Waals surface area contributed by atoms with Gasteiger partial charge in [-0.25, -0.2) is 4.98 Å². The molecule has 0 bridgehead atoms. The maximum Gasteiger partial charge on any atom is 0.246 e. The first-order chi connectivity index (χ1) is 14.5. The van der Waals surface area contributed by atoms with Crippen LogP contribution in [0.5, 0.6) is 0 Å². The molecule has 9 heteroatoms. The van der Waals surface area contributed by atoms with Crippen LogP contribution in [0.1, 0.15) is 12.8 Å². The Bertz CT molecular complexity index is 1190. The number of hydrogen-bond acceptors (Lipinski definition) is 6. The predicted octanol–water partition coefficient (Wildman–Crippen LogP) is 4.10. The Morgan fingerprint density at radius 1 is 1.20 bits per heavy atom. The molecule has 3 aromatic rings. The van der Waals surface area contributed by atoms with Gasteiger partial charge in [-0.05, 0) is 37.1 Å². The Morgan fingerprint density at radius 3 is 2.67 bits per heavy atom. The molecule has 2 aliphatic rings. The predicted molar refractivity (Wildman–Crippen MR) is 113 cm³/mol. The Balaban J connectivity index is 1.27. The molecule has 2 atom stereocenters. The quantitative estimate of drug-likeness (QED) is 0.486. The van der Waals surface area contributed by atoms with E-state index < -0.39 is 5.91 Å². The second-order valence-corrected chi connectivity index (χ2v) is 8.59. The fourth-order valence-electron chi connectivity index (χ4n) is 3.91. The summed E-state index contributed by atoms with van der Waals surface area (Å²) >= 11 is 7.25. The summed E-state index contributed by atoms with van der Waals surface area (Å²) in [5.74, 6) is -1.13. The molecule has 5 rings (SSSR count). The molecule has 0 radical (unpaired) electrons. The highest BCUT2D eigenvalue weighted by Crippen LogP contribution is 2.35. The summed E-state index contributed by atoms with van der Waals surface area (Å²) in [6, 6.07) is 7.17. The van der Waals surface area contributed by atoms with E-state index in [4.69, 9.17) is 16.0 Å². The molecule has 1 fully saturated rings. The van der Waals surface area contributed by atoms with E-state index in [1.807, 2.05) is 18.2 Å². The van der Waals surface area contributed by atoms with Gasteiger partial charge in [-0.15, -0.1) is 11.3 Å². The van der Waals surface area contributed by atoms with Crippen LogP contribution in [-0.4, -0.2) is 34.2 Å². The van der Waals surface area contributed by atoms with Gasteiger partial charge in [-0.1, -0.05) is 23.8 Å². The van der Waals surface area contributed by atoms with Crippen LogP contribution in [0.3, 0.4) is 0 Å². The van der Waals surface area contributed by atoms with E-state index in [1.165, 1.54) is 11.3 Å². The second kappa shape index (κ2) is 7.37. The number of anilines is 1. The molecule has 0 unspecified atom stereocenters. The normalized spacial score (nSPS) is 20.8. The maximum atomic E-state index is 12.5. The number of imide groups is 1. The third-order valence-electron chi connectivity index (χ3n) is 5.38. The zero-order valence-electron chi connectivity index (χ0n) is 15.6. The van der Waals surface area contributed by atoms with Gasteiger partial charge in [-0.3, -0.25) is 19.3 Å². The van der Waals surface area contributed by atoms with Crippen LogP contribution in [0.2, 0.25) is 5.02 Å². The lowest BCUT2D eigenvalue weighted by molar-refractivity contribution is -0.142. The highest BCUT2D eigenvalue weighted by Gasteiger charge is 2.47. The summed E-state index contributed by atoms with van der Waals surface area (Å²) in [5.41, 5.74) is 1.27. The fraction of sp³-hybridized carbons (Fsp3) is 0.238. The van der Waals surface area contributed by atoms with Gasteiger partial charge in [0.2, 0.25) is 17.7 Å². The van der Waals surface area contributed by atoms with Crippen LogP contribution in [-0.2, 0) is 14.4 Å². The number of carbonyl (C=O) groups is 3. The lowest BCUT2D eigenvalue weighted by atomic mass is 9.85. The highest BCUT2D eigenvalue weighted by molar-refractivity contribution is 7.14. The largest absolute Gasteiger partial charge is 0.454 e. The summed E-state index contributed by atoms with van der Waals surface area (Å²) < 4.78 is 5.79. The Labute approximate surface area is 180 Å². The number of fused-ring (bicyclic) bond motifs is 2. The molecule has 3 heterocycles. The monoisotopic (exact) mass is 441 g/mol. The van der Waals surface area contributed by atoms with Gasteiger partial charge < -0.3 is 9.73 Å². The molecule has 0 saturated carbocycles. The zero-order valence-corrected chi connectivity index (χ0v) is 17.2. The number of rotatable bonds is 4. The highest BCUT2D eigenvalue weighted by atomic mass is 35.5. The van der Waals surface area contributed by atoms with Crippen molar-refractivity contribution in [2.45, 2.75) is 12.8 Å². The number of thiazole rings is 1. The zero-order chi connectivity index (χ0) is 20.8. The van der Waals surface area contributed by atoms with Crippen molar-refractivity contribution in [3.8, 4) is 11.5 Å². The van der Waals surface area contributed by atoms with Crippen molar-refractivity contribution in [2.75, 3.05) is 11.9 Å². The number of nitrogens with one attached hydrogen (secondary N) is 1. The number of allylic oxidation sites excluding steroid dienone is 2. The van der Waals surface area contributed by atoms with E-state index in [0.29, 0.717) is 40.0 Å². The van der Waals surface area contributed by atoms with Crippen LogP contribution >= 0.6 is 22.9 Å². The lowest BCUT2D eigenvalue weighted by Crippen LogP contribution is -2.38. The van der Waals surface area contributed by atoms with Crippen LogP contribution in [0.4, 0.5) is 5.13 Å². The van der Waals surface area contributed by atoms with Crippen LogP contribution in [0, 0.1) is 11.8 Å². The molecule has 0 spiro atoms. The van der Waals surface area contributed by atoms with Gasteiger partial charge in [0.05, 0.1) is 11.8 Å². The number of likely N-dealkylation sites (tertiary alicyclic amines) is 1. The average Bonchev–Trinajstić information content (AvgIpc) is 3.42. The summed E-state index contributed by atoms with van der Waals surface area (Å²) in [6.45, 7) is -0.303. The van der Waals surface area contributed by atoms with Crippen molar-refractivity contribution in [3.05, 3.63) is 46.8 Å². The van der Waals surface area contributed by atoms with Crippen molar-refractivity contribution in [1.82, 2.24) is 9.88 Å². The maximum absolute atomic E-state index is 12.5. The summed E-state index contributed by atoms with van der Waals surface area (Å²) in [5, 5.41) is 6.27. The van der Waals surface area contributed by atoms with Crippen molar-refractivity contribution in [1.29, 1.82) is 0 Å². The standard InChI is InChI=1S/C21H16ClN3O4S/c22-12-5-6-16-11(7-12)8-17(29-16)15-10-30-21(23-15)24-18(26)9-25-19(27)13-3-1-2-4-14(13)20(25)28/h1-2,5-8,10,13-14H,3-4,9H2,(H,23,24,26)/t13-,14-/m1/s1. The smallest absolute Gasteiger partial charge is 0.246 e. The van der Waals surface area contributed by atoms with Crippen molar-refractivity contribution >= 4 is 56.8 Å². The Morgan fingerprint density at radius 2 is 1.93 bits per heavy atom. The van der Waals surface area contributed by atoms with E-state index in [2.05, 4.69) is 10.3 Å². The van der Waals surface area contributed by atoms with Crippen molar-refractivity contribution in [2.24, 2.45) is 11.8 Å². The minimum Gasteiger partial charge on any atom is -0.454 e. The fourth-order valence-corrected chi connectivity index (χ4v) is 4.81. The third kappa shape index (κ3) is 3.32. The molecule has 152 valence electrons. The van der Waals surface area contributed by atoms with E-state index in [-0.39, 0.29) is 30.2 Å². The number of nitrogens with zero attached hydrogens (tertiary/aromatic N) is 2. The Kier molecular flexibility index (Phi) is 4.67. The van der Waals surface area contributed by atoms with Crippen molar-refractivity contribution < 1.29 is 18.8 Å². The van der Waals surface area contributed by atoms with E-state index in [1.54, 1.807) is 23.6 Å². The molecular weight excluding hydrogens is 426 g/mol. The number of furan rings is 1. The molecule has 3 amide bonds. The first-order valence-electron chi connectivity index (χ1n) is 9.44. The molecule has 1 N–H and O–H groups in total.